The molecule has 0 aliphatic carbocycles. The Labute approximate surface area is 175 Å². The third kappa shape index (κ3) is 4.63. The van der Waals surface area contributed by atoms with Crippen LogP contribution in [0.4, 0.5) is 19.0 Å². The molecule has 0 bridgehead atoms. The van der Waals surface area contributed by atoms with Gasteiger partial charge < -0.3 is 5.32 Å². The van der Waals surface area contributed by atoms with Crippen molar-refractivity contribution in [2.75, 3.05) is 5.32 Å². The van der Waals surface area contributed by atoms with Crippen LogP contribution in [0.25, 0.3) is 5.69 Å². The minimum Gasteiger partial charge on any atom is -0.306 e. The number of nitrogens with one attached hydrogen (secondary N) is 1. The molecule has 2 aromatic heterocycles. The first-order valence-corrected chi connectivity index (χ1v) is 9.26. The summed E-state index contributed by atoms with van der Waals surface area (Å²) in [7, 11) is 0. The average molecular weight is 426 g/mol. The Balaban J connectivity index is 1.54. The number of anilines is 1. The molecular weight excluding hydrogens is 409 g/mol. The number of aryl methyl sites for hydroxylation is 1. The molecule has 0 unspecified atom stereocenters. The van der Waals surface area contributed by atoms with Crippen molar-refractivity contribution >= 4 is 11.7 Å². The van der Waals surface area contributed by atoms with E-state index in [2.05, 4.69) is 20.5 Å². The number of aromatic nitrogens is 5. The molecular formula is C21H17F3N6O. The van der Waals surface area contributed by atoms with E-state index >= 15 is 0 Å². The van der Waals surface area contributed by atoms with E-state index in [0.717, 1.165) is 17.7 Å². The van der Waals surface area contributed by atoms with E-state index in [1.807, 2.05) is 0 Å². The van der Waals surface area contributed by atoms with Crippen molar-refractivity contribution in [3.05, 3.63) is 89.6 Å². The van der Waals surface area contributed by atoms with Crippen LogP contribution in [0.15, 0.2) is 67.3 Å². The quantitative estimate of drug-likeness (QED) is 0.522. The lowest BCUT2D eigenvalue weighted by Gasteiger charge is -2.12. The molecule has 10 heteroatoms. The highest BCUT2D eigenvalue weighted by Gasteiger charge is 2.30. The van der Waals surface area contributed by atoms with Crippen molar-refractivity contribution in [1.29, 1.82) is 0 Å². The van der Waals surface area contributed by atoms with E-state index < -0.39 is 17.6 Å². The summed E-state index contributed by atoms with van der Waals surface area (Å²) in [5, 5.41) is 11.0. The summed E-state index contributed by atoms with van der Waals surface area (Å²) in [5.74, 6) is -0.131. The van der Waals surface area contributed by atoms with E-state index in [-0.39, 0.29) is 11.5 Å². The molecule has 2 heterocycles. The SMILES string of the molecule is Cc1cc(NC(=O)c2ccc(Cn3cncn3)cc2)n(-c2cccc(C(F)(F)F)c2)n1. The second kappa shape index (κ2) is 8.05. The van der Waals surface area contributed by atoms with E-state index in [9.17, 15) is 18.0 Å². The molecule has 2 aromatic carbocycles. The van der Waals surface area contributed by atoms with Gasteiger partial charge in [0.1, 0.15) is 18.5 Å². The van der Waals surface area contributed by atoms with Gasteiger partial charge in [0.15, 0.2) is 0 Å². The van der Waals surface area contributed by atoms with E-state index in [0.29, 0.717) is 17.8 Å². The van der Waals surface area contributed by atoms with Crippen LogP contribution in [0.2, 0.25) is 0 Å². The van der Waals surface area contributed by atoms with Crippen LogP contribution < -0.4 is 5.32 Å². The summed E-state index contributed by atoms with van der Waals surface area (Å²) in [5.41, 5.74) is 1.29. The smallest absolute Gasteiger partial charge is 0.306 e. The van der Waals surface area contributed by atoms with Gasteiger partial charge in [0.05, 0.1) is 23.5 Å². The van der Waals surface area contributed by atoms with Crippen LogP contribution >= 0.6 is 0 Å². The lowest BCUT2D eigenvalue weighted by molar-refractivity contribution is -0.137. The molecule has 0 radical (unpaired) electrons. The second-order valence-corrected chi connectivity index (χ2v) is 6.87. The maximum Gasteiger partial charge on any atom is 0.416 e. The predicted octanol–water partition coefficient (Wildman–Crippen LogP) is 4.09. The van der Waals surface area contributed by atoms with Crippen LogP contribution in [0, 0.1) is 6.92 Å². The first-order valence-electron chi connectivity index (χ1n) is 9.26. The van der Waals surface area contributed by atoms with Crippen molar-refractivity contribution in [1.82, 2.24) is 24.5 Å². The van der Waals surface area contributed by atoms with Crippen LogP contribution in [0.3, 0.4) is 0 Å². The Kier molecular flexibility index (Phi) is 5.28. The maximum atomic E-state index is 13.1. The van der Waals surface area contributed by atoms with Gasteiger partial charge in [-0.1, -0.05) is 18.2 Å². The van der Waals surface area contributed by atoms with Crippen LogP contribution in [-0.2, 0) is 12.7 Å². The molecule has 0 saturated carbocycles. The Hall–Kier alpha value is -3.95. The highest BCUT2D eigenvalue weighted by Crippen LogP contribution is 2.31. The highest BCUT2D eigenvalue weighted by molar-refractivity contribution is 6.04. The van der Waals surface area contributed by atoms with Gasteiger partial charge in [0, 0.05) is 11.6 Å². The fourth-order valence-electron chi connectivity index (χ4n) is 3.05. The molecule has 0 spiro atoms. The van der Waals surface area contributed by atoms with Crippen molar-refractivity contribution in [3.63, 3.8) is 0 Å². The molecule has 158 valence electrons. The van der Waals surface area contributed by atoms with Crippen molar-refractivity contribution < 1.29 is 18.0 Å². The Morgan fingerprint density at radius 2 is 1.87 bits per heavy atom. The fourth-order valence-corrected chi connectivity index (χ4v) is 3.05. The number of alkyl halides is 3. The third-order valence-electron chi connectivity index (χ3n) is 4.52. The van der Waals surface area contributed by atoms with Gasteiger partial charge in [-0.2, -0.15) is 23.4 Å². The minimum absolute atomic E-state index is 0.196. The maximum absolute atomic E-state index is 13.1. The Morgan fingerprint density at radius 1 is 1.10 bits per heavy atom. The number of benzene rings is 2. The van der Waals surface area contributed by atoms with Gasteiger partial charge in [-0.05, 0) is 42.8 Å². The lowest BCUT2D eigenvalue weighted by atomic mass is 10.1. The third-order valence-corrected chi connectivity index (χ3v) is 4.52. The summed E-state index contributed by atoms with van der Waals surface area (Å²) in [6.07, 6.45) is -1.44. The molecule has 4 aromatic rings. The van der Waals surface area contributed by atoms with Crippen LogP contribution in [0.5, 0.6) is 0 Å². The zero-order valence-corrected chi connectivity index (χ0v) is 16.3. The second-order valence-electron chi connectivity index (χ2n) is 6.87. The van der Waals surface area contributed by atoms with Gasteiger partial charge in [0.25, 0.3) is 5.91 Å². The predicted molar refractivity (Wildman–Crippen MR) is 107 cm³/mol. The molecule has 0 atom stereocenters. The standard InChI is InChI=1S/C21H17F3N6O/c1-14-9-19(30(28-14)18-4-2-3-17(10-18)21(22,23)24)27-20(31)16-7-5-15(6-8-16)11-29-13-25-12-26-29/h2-10,12-13H,11H2,1H3,(H,27,31). The minimum atomic E-state index is -4.48. The van der Waals surface area contributed by atoms with E-state index in [1.165, 1.54) is 23.1 Å². The molecule has 0 aliphatic rings. The summed E-state index contributed by atoms with van der Waals surface area (Å²) < 4.78 is 42.1. The first kappa shape index (κ1) is 20.3. The van der Waals surface area contributed by atoms with Gasteiger partial charge in [-0.15, -0.1) is 0 Å². The molecule has 0 fully saturated rings. The normalized spacial score (nSPS) is 11.5. The van der Waals surface area contributed by atoms with E-state index in [4.69, 9.17) is 0 Å². The van der Waals surface area contributed by atoms with Gasteiger partial charge in [0.2, 0.25) is 0 Å². The molecule has 31 heavy (non-hydrogen) atoms. The molecule has 1 N–H and O–H groups in total. The number of nitrogens with zero attached hydrogens (tertiary/aromatic N) is 5. The number of hydrogen-bond donors (Lipinski definition) is 1. The summed E-state index contributed by atoms with van der Waals surface area (Å²) >= 11 is 0. The zero-order chi connectivity index (χ0) is 22.0. The monoisotopic (exact) mass is 426 g/mol. The number of rotatable bonds is 5. The first-order chi connectivity index (χ1) is 14.8. The van der Waals surface area contributed by atoms with Gasteiger partial charge in [-0.3, -0.25) is 4.79 Å². The average Bonchev–Trinajstić information content (AvgIpc) is 3.37. The van der Waals surface area contributed by atoms with Crippen molar-refractivity contribution in [2.24, 2.45) is 0 Å². The van der Waals surface area contributed by atoms with Crippen molar-refractivity contribution in [2.45, 2.75) is 19.6 Å². The highest BCUT2D eigenvalue weighted by atomic mass is 19.4. The Bertz CT molecular complexity index is 1200. The summed E-state index contributed by atoms with van der Waals surface area (Å²) in [6.45, 7) is 2.21. The van der Waals surface area contributed by atoms with E-state index in [1.54, 1.807) is 48.3 Å². The molecule has 0 aliphatic heterocycles. The van der Waals surface area contributed by atoms with Crippen LogP contribution in [-0.4, -0.2) is 30.5 Å². The lowest BCUT2D eigenvalue weighted by Crippen LogP contribution is -2.15. The summed E-state index contributed by atoms with van der Waals surface area (Å²) in [6, 6.07) is 13.3. The molecule has 4 rings (SSSR count). The van der Waals surface area contributed by atoms with Crippen LogP contribution in [0.1, 0.15) is 27.2 Å². The summed E-state index contributed by atoms with van der Waals surface area (Å²) in [4.78, 5) is 16.6. The van der Waals surface area contributed by atoms with Crippen molar-refractivity contribution in [3.8, 4) is 5.69 Å². The number of amides is 1. The number of halogens is 3. The van der Waals surface area contributed by atoms with Gasteiger partial charge in [-0.25, -0.2) is 14.3 Å². The Morgan fingerprint density at radius 3 is 2.55 bits per heavy atom. The fraction of sp³-hybridized carbons (Fsp3) is 0.143. The molecule has 0 saturated heterocycles. The number of carbonyl (C=O) groups excluding carboxylic acids is 1. The largest absolute Gasteiger partial charge is 0.416 e. The number of carbonyl (C=O) groups is 1. The number of hydrogen-bond acceptors (Lipinski definition) is 4. The van der Waals surface area contributed by atoms with Gasteiger partial charge >= 0.3 is 6.18 Å². The molecule has 1 amide bonds. The molecule has 7 nitrogen and oxygen atoms in total. The topological polar surface area (TPSA) is 77.6 Å². The zero-order valence-electron chi connectivity index (χ0n) is 16.3.